The third-order valence-electron chi connectivity index (χ3n) is 12.4. The smallest absolute Gasteiger partial charge is 0.0546 e. The maximum atomic E-state index is 2.45. The largest absolute Gasteiger partial charge is 0.310 e. The van der Waals surface area contributed by atoms with Gasteiger partial charge in [-0.25, -0.2) is 0 Å². The van der Waals surface area contributed by atoms with E-state index in [0.717, 1.165) is 22.6 Å². The number of hydrogen-bond acceptors (Lipinski definition) is 2. The Kier molecular flexibility index (Phi) is 8.76. The van der Waals surface area contributed by atoms with E-state index in [1.807, 2.05) is 11.3 Å². The van der Waals surface area contributed by atoms with Gasteiger partial charge in [0, 0.05) is 37.1 Å². The van der Waals surface area contributed by atoms with Gasteiger partial charge in [0.15, 0.2) is 0 Å². The number of anilines is 3. The minimum absolute atomic E-state index is 1.09. The maximum Gasteiger partial charge on any atom is 0.0546 e. The van der Waals surface area contributed by atoms with Crippen LogP contribution in [0.5, 0.6) is 0 Å². The minimum Gasteiger partial charge on any atom is -0.310 e. The molecular formula is C60H39NS. The average Bonchev–Trinajstić information content (AvgIpc) is 3.72. The molecule has 12 rings (SSSR count). The molecule has 1 nitrogen and oxygen atoms in total. The van der Waals surface area contributed by atoms with Crippen molar-refractivity contribution in [1.29, 1.82) is 0 Å². The van der Waals surface area contributed by atoms with Crippen molar-refractivity contribution in [1.82, 2.24) is 0 Å². The Balaban J connectivity index is 1.04. The topological polar surface area (TPSA) is 3.24 Å². The lowest BCUT2D eigenvalue weighted by molar-refractivity contribution is 1.28. The number of fused-ring (bicyclic) bond motifs is 7. The van der Waals surface area contributed by atoms with E-state index in [-0.39, 0.29) is 0 Å². The van der Waals surface area contributed by atoms with E-state index < -0.39 is 0 Å². The van der Waals surface area contributed by atoms with Crippen LogP contribution in [0, 0.1) is 0 Å². The SMILES string of the molecule is c1ccc(-c2ccc(-c3cccc4ccccc34)cc2N(c2ccc(-c3ccc4c(ccc5ccccc54)c3)cc2)c2cccc(-c3ccc4sc5ccccc5c4c3)c2)cc1. The minimum atomic E-state index is 1.09. The summed E-state index contributed by atoms with van der Waals surface area (Å²) in [6, 6.07) is 86.9. The van der Waals surface area contributed by atoms with E-state index in [2.05, 4.69) is 241 Å². The van der Waals surface area contributed by atoms with Gasteiger partial charge in [-0.2, -0.15) is 0 Å². The van der Waals surface area contributed by atoms with Crippen molar-refractivity contribution in [3.63, 3.8) is 0 Å². The number of thiophene rings is 1. The van der Waals surface area contributed by atoms with Gasteiger partial charge in [0.2, 0.25) is 0 Å². The third kappa shape index (κ3) is 6.32. The number of nitrogens with zero attached hydrogens (tertiary/aromatic N) is 1. The van der Waals surface area contributed by atoms with Gasteiger partial charge < -0.3 is 4.90 Å². The van der Waals surface area contributed by atoms with E-state index in [0.29, 0.717) is 0 Å². The summed E-state index contributed by atoms with van der Waals surface area (Å²) < 4.78 is 2.63. The monoisotopic (exact) mass is 805 g/mol. The summed E-state index contributed by atoms with van der Waals surface area (Å²) in [4.78, 5) is 2.45. The first-order valence-corrected chi connectivity index (χ1v) is 22.0. The van der Waals surface area contributed by atoms with Crippen LogP contribution in [-0.4, -0.2) is 0 Å². The first-order valence-electron chi connectivity index (χ1n) is 21.2. The van der Waals surface area contributed by atoms with Crippen molar-refractivity contribution >= 4 is 80.9 Å². The van der Waals surface area contributed by atoms with Gasteiger partial charge in [-0.05, 0) is 126 Å². The molecule has 0 aliphatic rings. The summed E-state index contributed by atoms with van der Waals surface area (Å²) in [5, 5.41) is 10.2. The molecule has 0 fully saturated rings. The predicted molar refractivity (Wildman–Crippen MR) is 268 cm³/mol. The Labute approximate surface area is 365 Å². The Morgan fingerprint density at radius 3 is 1.73 bits per heavy atom. The second kappa shape index (κ2) is 15.0. The summed E-state index contributed by atoms with van der Waals surface area (Å²) in [6.07, 6.45) is 0. The molecule has 11 aromatic carbocycles. The first-order chi connectivity index (χ1) is 30.7. The molecule has 0 N–H and O–H groups in total. The molecule has 0 unspecified atom stereocenters. The van der Waals surface area contributed by atoms with Crippen molar-refractivity contribution < 1.29 is 0 Å². The van der Waals surface area contributed by atoms with Crippen LogP contribution in [0.15, 0.2) is 237 Å². The van der Waals surface area contributed by atoms with Crippen LogP contribution < -0.4 is 4.90 Å². The Bertz CT molecular complexity index is 3630. The molecule has 1 heterocycles. The molecule has 0 bridgehead atoms. The standard InChI is InChI=1S/C60H39NS/c1-2-12-42(13-3-1)55-34-29-48(53-22-11-16-41-14-4-6-19-51(41)53)39-58(55)61(50-18-10-17-44(37-50)46-30-35-60-57(38-46)56-21-8-9-23-59(56)62-60)49-31-26-40(27-32-49)45-28-33-54-47(36-45)25-24-43-15-5-7-20-52(43)54/h1-39H. The maximum absolute atomic E-state index is 2.45. The highest BCUT2D eigenvalue weighted by Crippen LogP contribution is 2.45. The van der Waals surface area contributed by atoms with Crippen LogP contribution in [0.4, 0.5) is 17.1 Å². The first kappa shape index (κ1) is 36.1. The molecule has 0 atom stereocenters. The number of hydrogen-bond donors (Lipinski definition) is 0. The van der Waals surface area contributed by atoms with Gasteiger partial charge in [-0.15, -0.1) is 11.3 Å². The van der Waals surface area contributed by atoms with Crippen LogP contribution >= 0.6 is 11.3 Å². The van der Waals surface area contributed by atoms with Crippen LogP contribution in [0.2, 0.25) is 0 Å². The van der Waals surface area contributed by atoms with Crippen LogP contribution in [-0.2, 0) is 0 Å². The van der Waals surface area contributed by atoms with E-state index >= 15 is 0 Å². The summed E-state index contributed by atoms with van der Waals surface area (Å²) in [6.45, 7) is 0. The fourth-order valence-corrected chi connectivity index (χ4v) is 10.5. The second-order valence-electron chi connectivity index (χ2n) is 16.1. The number of benzene rings is 11. The zero-order valence-electron chi connectivity index (χ0n) is 33.9. The summed E-state index contributed by atoms with van der Waals surface area (Å²) >= 11 is 1.86. The van der Waals surface area contributed by atoms with Crippen LogP contribution in [0.25, 0.3) is 97.0 Å². The quantitative estimate of drug-likeness (QED) is 0.145. The molecule has 12 aromatic rings. The van der Waals surface area contributed by atoms with Gasteiger partial charge in [0.25, 0.3) is 0 Å². The molecule has 2 heteroatoms. The highest BCUT2D eigenvalue weighted by Gasteiger charge is 2.20. The van der Waals surface area contributed by atoms with E-state index in [1.54, 1.807) is 0 Å². The van der Waals surface area contributed by atoms with E-state index in [4.69, 9.17) is 0 Å². The molecule has 0 aliphatic carbocycles. The molecule has 0 saturated carbocycles. The van der Waals surface area contributed by atoms with Gasteiger partial charge in [0.05, 0.1) is 5.69 Å². The van der Waals surface area contributed by atoms with Gasteiger partial charge >= 0.3 is 0 Å². The Morgan fingerprint density at radius 1 is 0.258 bits per heavy atom. The van der Waals surface area contributed by atoms with Gasteiger partial charge in [-0.3, -0.25) is 0 Å². The fraction of sp³-hybridized carbons (Fsp3) is 0. The fourth-order valence-electron chi connectivity index (χ4n) is 9.38. The summed E-state index contributed by atoms with van der Waals surface area (Å²) in [5.41, 5.74) is 12.8. The van der Waals surface area contributed by atoms with Crippen molar-refractivity contribution in [2.75, 3.05) is 4.90 Å². The Morgan fingerprint density at radius 2 is 0.855 bits per heavy atom. The molecule has 0 amide bonds. The molecule has 0 spiro atoms. The highest BCUT2D eigenvalue weighted by atomic mass is 32.1. The normalized spacial score (nSPS) is 11.5. The zero-order chi connectivity index (χ0) is 41.0. The predicted octanol–water partition coefficient (Wildman–Crippen LogP) is 17.7. The summed E-state index contributed by atoms with van der Waals surface area (Å²) in [7, 11) is 0. The lowest BCUT2D eigenvalue weighted by Crippen LogP contribution is -2.11. The molecule has 0 aliphatic heterocycles. The summed E-state index contributed by atoms with van der Waals surface area (Å²) in [5.74, 6) is 0. The van der Waals surface area contributed by atoms with Crippen LogP contribution in [0.3, 0.4) is 0 Å². The number of rotatable bonds is 7. The molecule has 62 heavy (non-hydrogen) atoms. The van der Waals surface area contributed by atoms with Crippen molar-refractivity contribution in [2.45, 2.75) is 0 Å². The van der Waals surface area contributed by atoms with Crippen molar-refractivity contribution in [2.24, 2.45) is 0 Å². The molecule has 290 valence electrons. The second-order valence-corrected chi connectivity index (χ2v) is 17.2. The Hall–Kier alpha value is -7.78. The average molecular weight is 806 g/mol. The third-order valence-corrected chi connectivity index (χ3v) is 13.6. The van der Waals surface area contributed by atoms with Gasteiger partial charge in [-0.1, -0.05) is 182 Å². The van der Waals surface area contributed by atoms with Crippen molar-refractivity contribution in [3.05, 3.63) is 237 Å². The molecule has 0 radical (unpaired) electrons. The van der Waals surface area contributed by atoms with Crippen molar-refractivity contribution in [3.8, 4) is 44.5 Å². The van der Waals surface area contributed by atoms with Crippen LogP contribution in [0.1, 0.15) is 0 Å². The zero-order valence-corrected chi connectivity index (χ0v) is 34.7. The molecular weight excluding hydrogens is 767 g/mol. The molecule has 1 aromatic heterocycles. The van der Waals surface area contributed by atoms with E-state index in [1.165, 1.54) is 91.4 Å². The highest BCUT2D eigenvalue weighted by molar-refractivity contribution is 7.25. The lowest BCUT2D eigenvalue weighted by Gasteiger charge is -2.29. The molecule has 0 saturated heterocycles. The van der Waals surface area contributed by atoms with Gasteiger partial charge in [0.1, 0.15) is 0 Å². The lowest BCUT2D eigenvalue weighted by atomic mass is 9.93. The van der Waals surface area contributed by atoms with E-state index in [9.17, 15) is 0 Å².